The predicted molar refractivity (Wildman–Crippen MR) is 90.7 cm³/mol. The Hall–Kier alpha value is -2.00. The number of piperazine rings is 1. The average Bonchev–Trinajstić information content (AvgIpc) is 2.48. The van der Waals surface area contributed by atoms with Crippen molar-refractivity contribution in [2.75, 3.05) is 36.4 Å². The molecule has 110 valence electrons. The van der Waals surface area contributed by atoms with Gasteiger partial charge in [0.05, 0.1) is 0 Å². The highest BCUT2D eigenvalue weighted by Crippen LogP contribution is 2.23. The maximum atomic E-state index is 3.48. The first-order valence-electron chi connectivity index (χ1n) is 7.62. The van der Waals surface area contributed by atoms with Gasteiger partial charge in [-0.25, -0.2) is 0 Å². The smallest absolute Gasteiger partial charge is 0.0389 e. The van der Waals surface area contributed by atoms with Crippen LogP contribution in [0, 0.1) is 13.8 Å². The fourth-order valence-corrected chi connectivity index (χ4v) is 2.89. The Morgan fingerprint density at radius 1 is 0.857 bits per heavy atom. The lowest BCUT2D eigenvalue weighted by molar-refractivity contribution is 0.589. The maximum Gasteiger partial charge on any atom is 0.0389 e. The van der Waals surface area contributed by atoms with Gasteiger partial charge in [0.15, 0.2) is 0 Å². The summed E-state index contributed by atoms with van der Waals surface area (Å²) in [6.07, 6.45) is 0. The van der Waals surface area contributed by atoms with Gasteiger partial charge < -0.3 is 15.5 Å². The van der Waals surface area contributed by atoms with Crippen LogP contribution in [-0.2, 0) is 0 Å². The summed E-state index contributed by atoms with van der Waals surface area (Å²) >= 11 is 0. The number of anilines is 3. The van der Waals surface area contributed by atoms with E-state index in [0.717, 1.165) is 37.6 Å². The molecule has 0 unspecified atom stereocenters. The molecule has 0 radical (unpaired) electrons. The summed E-state index contributed by atoms with van der Waals surface area (Å²) in [6.45, 7) is 8.58. The number of hydrogen-bond donors (Lipinski definition) is 2. The summed E-state index contributed by atoms with van der Waals surface area (Å²) in [7, 11) is 0. The van der Waals surface area contributed by atoms with Crippen molar-refractivity contribution in [3.8, 4) is 0 Å². The molecule has 0 amide bonds. The fraction of sp³-hybridized carbons (Fsp3) is 0.333. The van der Waals surface area contributed by atoms with E-state index in [1.54, 1.807) is 0 Å². The van der Waals surface area contributed by atoms with Crippen molar-refractivity contribution >= 4 is 17.1 Å². The van der Waals surface area contributed by atoms with Gasteiger partial charge in [0.2, 0.25) is 0 Å². The quantitative estimate of drug-likeness (QED) is 0.902. The Morgan fingerprint density at radius 3 is 2.10 bits per heavy atom. The highest BCUT2D eigenvalue weighted by molar-refractivity contribution is 5.64. The molecule has 0 aromatic heterocycles. The molecule has 3 rings (SSSR count). The first kappa shape index (κ1) is 14.0. The van der Waals surface area contributed by atoms with Gasteiger partial charge in [-0.2, -0.15) is 0 Å². The molecule has 1 heterocycles. The number of rotatable bonds is 3. The van der Waals surface area contributed by atoms with Gasteiger partial charge in [-0.3, -0.25) is 0 Å². The monoisotopic (exact) mass is 281 g/mol. The molecular formula is C18H23N3. The van der Waals surface area contributed by atoms with Gasteiger partial charge >= 0.3 is 0 Å². The van der Waals surface area contributed by atoms with E-state index >= 15 is 0 Å². The number of nitrogens with zero attached hydrogens (tertiary/aromatic N) is 1. The highest BCUT2D eigenvalue weighted by atomic mass is 15.2. The van der Waals surface area contributed by atoms with Gasteiger partial charge in [-0.05, 0) is 61.4 Å². The minimum absolute atomic E-state index is 1.07. The Bertz CT molecular complexity index is 578. The van der Waals surface area contributed by atoms with E-state index in [9.17, 15) is 0 Å². The van der Waals surface area contributed by atoms with Crippen molar-refractivity contribution in [1.29, 1.82) is 0 Å². The minimum atomic E-state index is 1.07. The van der Waals surface area contributed by atoms with Crippen LogP contribution < -0.4 is 15.5 Å². The van der Waals surface area contributed by atoms with E-state index in [1.165, 1.54) is 16.8 Å². The van der Waals surface area contributed by atoms with Crippen molar-refractivity contribution in [3.63, 3.8) is 0 Å². The van der Waals surface area contributed by atoms with E-state index in [4.69, 9.17) is 0 Å². The summed E-state index contributed by atoms with van der Waals surface area (Å²) in [4.78, 5) is 2.43. The van der Waals surface area contributed by atoms with Crippen LogP contribution in [0.2, 0.25) is 0 Å². The van der Waals surface area contributed by atoms with Crippen LogP contribution in [0.3, 0.4) is 0 Å². The standard InChI is InChI=1S/C18H23N3/c1-14-11-15(2)13-17(12-14)20-16-3-5-18(6-4-16)21-9-7-19-8-10-21/h3-6,11-13,19-20H,7-10H2,1-2H3. The summed E-state index contributed by atoms with van der Waals surface area (Å²) < 4.78 is 0. The highest BCUT2D eigenvalue weighted by Gasteiger charge is 2.09. The molecule has 0 saturated carbocycles. The zero-order valence-corrected chi connectivity index (χ0v) is 12.8. The van der Waals surface area contributed by atoms with Crippen LogP contribution in [0.15, 0.2) is 42.5 Å². The van der Waals surface area contributed by atoms with E-state index < -0.39 is 0 Å². The van der Waals surface area contributed by atoms with Gasteiger partial charge in [-0.1, -0.05) is 6.07 Å². The lowest BCUT2D eigenvalue weighted by atomic mass is 10.1. The number of nitrogens with one attached hydrogen (secondary N) is 2. The first-order chi connectivity index (χ1) is 10.2. The van der Waals surface area contributed by atoms with Crippen LogP contribution in [0.5, 0.6) is 0 Å². The van der Waals surface area contributed by atoms with Crippen LogP contribution >= 0.6 is 0 Å². The predicted octanol–water partition coefficient (Wildman–Crippen LogP) is 3.46. The zero-order chi connectivity index (χ0) is 14.7. The van der Waals surface area contributed by atoms with Gasteiger partial charge in [0.25, 0.3) is 0 Å². The van der Waals surface area contributed by atoms with Crippen molar-refractivity contribution in [2.45, 2.75) is 13.8 Å². The SMILES string of the molecule is Cc1cc(C)cc(Nc2ccc(N3CCNCC3)cc2)c1. The van der Waals surface area contributed by atoms with Crippen molar-refractivity contribution < 1.29 is 0 Å². The largest absolute Gasteiger partial charge is 0.369 e. The Labute approximate surface area is 127 Å². The van der Waals surface area contributed by atoms with Crippen LogP contribution in [0.25, 0.3) is 0 Å². The topological polar surface area (TPSA) is 27.3 Å². The average molecular weight is 281 g/mol. The number of hydrogen-bond acceptors (Lipinski definition) is 3. The Balaban J connectivity index is 1.71. The molecule has 1 aliphatic rings. The summed E-state index contributed by atoms with van der Waals surface area (Å²) in [5, 5.41) is 6.87. The van der Waals surface area contributed by atoms with E-state index in [-0.39, 0.29) is 0 Å². The van der Waals surface area contributed by atoms with Gasteiger partial charge in [-0.15, -0.1) is 0 Å². The molecule has 1 aliphatic heterocycles. The molecule has 2 aromatic carbocycles. The Morgan fingerprint density at radius 2 is 1.48 bits per heavy atom. The maximum absolute atomic E-state index is 3.48. The molecule has 1 saturated heterocycles. The fourth-order valence-electron chi connectivity index (χ4n) is 2.89. The molecule has 0 spiro atoms. The second-order valence-corrected chi connectivity index (χ2v) is 5.79. The van der Waals surface area contributed by atoms with Crippen molar-refractivity contribution in [1.82, 2.24) is 5.32 Å². The van der Waals surface area contributed by atoms with Crippen LogP contribution in [0.4, 0.5) is 17.1 Å². The normalized spacial score (nSPS) is 15.0. The summed E-state index contributed by atoms with van der Waals surface area (Å²) in [6, 6.07) is 15.3. The van der Waals surface area contributed by atoms with Crippen molar-refractivity contribution in [2.24, 2.45) is 0 Å². The van der Waals surface area contributed by atoms with Crippen LogP contribution in [-0.4, -0.2) is 26.2 Å². The molecule has 3 nitrogen and oxygen atoms in total. The third kappa shape index (κ3) is 3.56. The van der Waals surface area contributed by atoms with E-state index in [1.807, 2.05) is 0 Å². The third-order valence-electron chi connectivity index (χ3n) is 3.86. The summed E-state index contributed by atoms with van der Waals surface area (Å²) in [5.41, 5.74) is 6.17. The second kappa shape index (κ2) is 6.19. The number of aryl methyl sites for hydroxylation is 2. The zero-order valence-electron chi connectivity index (χ0n) is 12.8. The molecule has 0 bridgehead atoms. The molecule has 2 N–H and O–H groups in total. The molecule has 0 aliphatic carbocycles. The van der Waals surface area contributed by atoms with E-state index in [0.29, 0.717) is 0 Å². The first-order valence-corrected chi connectivity index (χ1v) is 7.62. The molecule has 1 fully saturated rings. The van der Waals surface area contributed by atoms with Gasteiger partial charge in [0, 0.05) is 43.2 Å². The molecule has 3 heteroatoms. The van der Waals surface area contributed by atoms with Crippen molar-refractivity contribution in [3.05, 3.63) is 53.6 Å². The molecule has 0 atom stereocenters. The lowest BCUT2D eigenvalue weighted by Gasteiger charge is -2.29. The number of benzene rings is 2. The molecule has 2 aromatic rings. The lowest BCUT2D eigenvalue weighted by Crippen LogP contribution is -2.43. The second-order valence-electron chi connectivity index (χ2n) is 5.79. The van der Waals surface area contributed by atoms with Gasteiger partial charge in [0.1, 0.15) is 0 Å². The van der Waals surface area contributed by atoms with E-state index in [2.05, 4.69) is 71.8 Å². The third-order valence-corrected chi connectivity index (χ3v) is 3.86. The molecular weight excluding hydrogens is 258 g/mol. The summed E-state index contributed by atoms with van der Waals surface area (Å²) in [5.74, 6) is 0. The minimum Gasteiger partial charge on any atom is -0.369 e. The Kier molecular flexibility index (Phi) is 4.11. The molecule has 21 heavy (non-hydrogen) atoms. The van der Waals surface area contributed by atoms with Crippen LogP contribution in [0.1, 0.15) is 11.1 Å².